The summed E-state index contributed by atoms with van der Waals surface area (Å²) in [5.41, 5.74) is 2.32. The van der Waals surface area contributed by atoms with Crippen LogP contribution in [0.15, 0.2) is 84.9 Å². The third-order valence-corrected chi connectivity index (χ3v) is 4.69. The molecule has 3 aromatic carbocycles. The van der Waals surface area contributed by atoms with E-state index in [0.29, 0.717) is 17.3 Å². The molecule has 0 fully saturated rings. The molecule has 4 aromatic rings. The van der Waals surface area contributed by atoms with Crippen molar-refractivity contribution in [1.82, 2.24) is 9.78 Å². The number of aromatic nitrogens is 2. The van der Waals surface area contributed by atoms with Crippen molar-refractivity contribution in [2.45, 2.75) is 6.36 Å². The van der Waals surface area contributed by atoms with E-state index in [1.54, 1.807) is 30.0 Å². The molecule has 0 saturated carbocycles. The van der Waals surface area contributed by atoms with Gasteiger partial charge in [0.15, 0.2) is 0 Å². The van der Waals surface area contributed by atoms with Gasteiger partial charge >= 0.3 is 6.36 Å². The molecule has 33 heavy (non-hydrogen) atoms. The first-order valence-electron chi connectivity index (χ1n) is 9.79. The van der Waals surface area contributed by atoms with Crippen LogP contribution in [0.25, 0.3) is 16.9 Å². The average molecular weight is 453 g/mol. The van der Waals surface area contributed by atoms with E-state index < -0.39 is 18.0 Å². The van der Waals surface area contributed by atoms with Crippen molar-refractivity contribution in [3.8, 4) is 28.4 Å². The quantitative estimate of drug-likeness (QED) is 0.407. The molecule has 0 aliphatic carbocycles. The molecule has 1 heterocycles. The van der Waals surface area contributed by atoms with Gasteiger partial charge in [0, 0.05) is 17.2 Å². The highest BCUT2D eigenvalue weighted by atomic mass is 19.4. The topological polar surface area (TPSA) is 65.4 Å². The minimum absolute atomic E-state index is 0.163. The van der Waals surface area contributed by atoms with Gasteiger partial charge in [0.2, 0.25) is 0 Å². The van der Waals surface area contributed by atoms with Crippen LogP contribution in [0.1, 0.15) is 10.4 Å². The predicted molar refractivity (Wildman–Crippen MR) is 117 cm³/mol. The number of ether oxygens (including phenoxy) is 2. The molecule has 1 N–H and O–H groups in total. The fraction of sp³-hybridized carbons (Fsp3) is 0.0833. The number of methoxy groups -OCH3 is 1. The van der Waals surface area contributed by atoms with E-state index in [4.69, 9.17) is 4.74 Å². The van der Waals surface area contributed by atoms with Crippen LogP contribution < -0.4 is 14.8 Å². The van der Waals surface area contributed by atoms with E-state index in [9.17, 15) is 18.0 Å². The number of nitrogens with zero attached hydrogens (tertiary/aromatic N) is 2. The van der Waals surface area contributed by atoms with E-state index in [2.05, 4.69) is 15.2 Å². The van der Waals surface area contributed by atoms with Gasteiger partial charge in [-0.05, 0) is 60.7 Å². The Hall–Kier alpha value is -4.27. The molecule has 1 aromatic heterocycles. The van der Waals surface area contributed by atoms with Crippen LogP contribution in [0, 0.1) is 0 Å². The maximum absolute atomic E-state index is 12.8. The van der Waals surface area contributed by atoms with Crippen LogP contribution in [-0.2, 0) is 0 Å². The lowest BCUT2D eigenvalue weighted by molar-refractivity contribution is -0.274. The second-order valence-electron chi connectivity index (χ2n) is 6.92. The monoisotopic (exact) mass is 453 g/mol. The summed E-state index contributed by atoms with van der Waals surface area (Å²) in [6, 6.07) is 22.9. The molecule has 0 unspecified atom stereocenters. The van der Waals surface area contributed by atoms with E-state index in [1.165, 1.54) is 12.1 Å². The Labute approximate surface area is 187 Å². The zero-order chi connectivity index (χ0) is 23.4. The Kier molecular flexibility index (Phi) is 6.03. The average Bonchev–Trinajstić information content (AvgIpc) is 3.23. The Morgan fingerprint density at radius 2 is 1.55 bits per heavy atom. The standard InChI is InChI=1S/C24H18F3N3O3/c1-32-19-11-7-16(8-12-19)21-15-22(30(29-21)18-5-3-2-4-6-18)28-23(31)17-9-13-20(14-10-17)33-24(25,26)27/h2-15H,1H3,(H,28,31). The molecule has 0 radical (unpaired) electrons. The summed E-state index contributed by atoms with van der Waals surface area (Å²) in [6.07, 6.45) is -4.80. The third kappa shape index (κ3) is 5.32. The Bertz CT molecular complexity index is 1240. The van der Waals surface area contributed by atoms with Crippen molar-refractivity contribution in [3.05, 3.63) is 90.5 Å². The second kappa shape index (κ2) is 9.07. The second-order valence-corrected chi connectivity index (χ2v) is 6.92. The number of halogens is 3. The SMILES string of the molecule is COc1ccc(-c2cc(NC(=O)c3ccc(OC(F)(F)F)cc3)n(-c3ccccc3)n2)cc1. The van der Waals surface area contributed by atoms with Gasteiger partial charge in [-0.25, -0.2) is 4.68 Å². The van der Waals surface area contributed by atoms with Gasteiger partial charge in [-0.1, -0.05) is 18.2 Å². The molecule has 0 bridgehead atoms. The first-order chi connectivity index (χ1) is 15.8. The highest BCUT2D eigenvalue weighted by Crippen LogP contribution is 2.27. The number of hydrogen-bond donors (Lipinski definition) is 1. The molecule has 0 spiro atoms. The fourth-order valence-electron chi connectivity index (χ4n) is 3.14. The summed E-state index contributed by atoms with van der Waals surface area (Å²) in [5.74, 6) is 0.183. The molecule has 0 aliphatic heterocycles. The Balaban J connectivity index is 1.63. The molecule has 0 aliphatic rings. The molecular formula is C24H18F3N3O3. The van der Waals surface area contributed by atoms with Gasteiger partial charge < -0.3 is 14.8 Å². The van der Waals surface area contributed by atoms with Gasteiger partial charge in [-0.2, -0.15) is 5.10 Å². The van der Waals surface area contributed by atoms with Gasteiger partial charge in [0.1, 0.15) is 17.3 Å². The molecule has 6 nitrogen and oxygen atoms in total. The number of nitrogens with one attached hydrogen (secondary N) is 1. The van der Waals surface area contributed by atoms with Gasteiger partial charge in [-0.15, -0.1) is 13.2 Å². The van der Waals surface area contributed by atoms with Crippen LogP contribution in [0.4, 0.5) is 19.0 Å². The lowest BCUT2D eigenvalue weighted by Gasteiger charge is -2.10. The minimum Gasteiger partial charge on any atom is -0.497 e. The largest absolute Gasteiger partial charge is 0.573 e. The fourth-order valence-corrected chi connectivity index (χ4v) is 3.14. The van der Waals surface area contributed by atoms with E-state index in [1.807, 2.05) is 42.5 Å². The summed E-state index contributed by atoms with van der Waals surface area (Å²) in [5, 5.41) is 7.40. The lowest BCUT2D eigenvalue weighted by atomic mass is 10.1. The summed E-state index contributed by atoms with van der Waals surface area (Å²) in [6.45, 7) is 0. The predicted octanol–water partition coefficient (Wildman–Crippen LogP) is 5.70. The Morgan fingerprint density at radius 3 is 2.15 bits per heavy atom. The number of rotatable bonds is 6. The van der Waals surface area contributed by atoms with E-state index in [-0.39, 0.29) is 5.56 Å². The van der Waals surface area contributed by atoms with Crippen molar-refractivity contribution in [3.63, 3.8) is 0 Å². The maximum Gasteiger partial charge on any atom is 0.573 e. The lowest BCUT2D eigenvalue weighted by Crippen LogP contribution is -2.17. The number of benzene rings is 3. The first kappa shape index (κ1) is 21.9. The molecule has 1 amide bonds. The maximum atomic E-state index is 12.8. The van der Waals surface area contributed by atoms with Crippen molar-refractivity contribution in [2.24, 2.45) is 0 Å². The minimum atomic E-state index is -4.80. The third-order valence-electron chi connectivity index (χ3n) is 4.69. The summed E-state index contributed by atoms with van der Waals surface area (Å²) in [7, 11) is 1.58. The zero-order valence-electron chi connectivity index (χ0n) is 17.3. The van der Waals surface area contributed by atoms with Gasteiger partial charge in [0.25, 0.3) is 5.91 Å². The van der Waals surface area contributed by atoms with Crippen molar-refractivity contribution >= 4 is 11.7 Å². The molecule has 0 saturated heterocycles. The first-order valence-corrected chi connectivity index (χ1v) is 9.79. The van der Waals surface area contributed by atoms with Gasteiger partial charge in [-0.3, -0.25) is 4.79 Å². The van der Waals surface area contributed by atoms with Gasteiger partial charge in [0.05, 0.1) is 18.5 Å². The van der Waals surface area contributed by atoms with Crippen molar-refractivity contribution < 1.29 is 27.4 Å². The molecular weight excluding hydrogens is 435 g/mol. The highest BCUT2D eigenvalue weighted by molar-refractivity contribution is 6.04. The number of hydrogen-bond acceptors (Lipinski definition) is 4. The van der Waals surface area contributed by atoms with Crippen LogP contribution in [-0.4, -0.2) is 29.2 Å². The number of amides is 1. The number of carbonyl (C=O) groups excluding carboxylic acids is 1. The molecule has 9 heteroatoms. The summed E-state index contributed by atoms with van der Waals surface area (Å²) >= 11 is 0. The van der Waals surface area contributed by atoms with E-state index >= 15 is 0 Å². The van der Waals surface area contributed by atoms with Crippen LogP contribution in [0.5, 0.6) is 11.5 Å². The van der Waals surface area contributed by atoms with Crippen LogP contribution >= 0.6 is 0 Å². The molecule has 0 atom stereocenters. The normalized spacial score (nSPS) is 11.2. The molecule has 168 valence electrons. The number of alkyl halides is 3. The number of anilines is 1. The summed E-state index contributed by atoms with van der Waals surface area (Å²) in [4.78, 5) is 12.8. The zero-order valence-corrected chi connectivity index (χ0v) is 17.3. The molecule has 4 rings (SSSR count). The highest BCUT2D eigenvalue weighted by Gasteiger charge is 2.31. The number of para-hydroxylation sites is 1. The number of carbonyl (C=O) groups is 1. The smallest absolute Gasteiger partial charge is 0.497 e. The summed E-state index contributed by atoms with van der Waals surface area (Å²) < 4.78 is 47.7. The van der Waals surface area contributed by atoms with E-state index in [0.717, 1.165) is 23.4 Å². The van der Waals surface area contributed by atoms with Crippen LogP contribution in [0.3, 0.4) is 0 Å². The Morgan fingerprint density at radius 1 is 0.909 bits per heavy atom. The van der Waals surface area contributed by atoms with Crippen molar-refractivity contribution in [2.75, 3.05) is 12.4 Å². The van der Waals surface area contributed by atoms with Crippen LogP contribution in [0.2, 0.25) is 0 Å². The van der Waals surface area contributed by atoms with Crippen molar-refractivity contribution in [1.29, 1.82) is 0 Å².